The Morgan fingerprint density at radius 2 is 1.78 bits per heavy atom. The second kappa shape index (κ2) is 15.4. The second-order valence-electron chi connectivity index (χ2n) is 4.25. The molecule has 6 heteroatoms. The maximum atomic E-state index is 7.43. The molecule has 0 saturated heterocycles. The molecule has 0 aliphatic heterocycles. The van der Waals surface area contributed by atoms with Crippen molar-refractivity contribution in [3.63, 3.8) is 0 Å². The number of unbranched alkanes of at least 4 members (excludes halogenated alkanes) is 7. The summed E-state index contributed by atoms with van der Waals surface area (Å²) >= 11 is -1.52. The van der Waals surface area contributed by atoms with Crippen LogP contribution in [0.2, 0.25) is 0 Å². The third-order valence-electron chi connectivity index (χ3n) is 2.73. The molecule has 1 atom stereocenters. The van der Waals surface area contributed by atoms with Crippen molar-refractivity contribution < 1.29 is 4.74 Å². The molecule has 0 spiro atoms. The summed E-state index contributed by atoms with van der Waals surface area (Å²) in [5.74, 6) is 0. The summed E-state index contributed by atoms with van der Waals surface area (Å²) in [6, 6.07) is 0.289. The average molecular weight is 391 g/mol. The second-order valence-corrected chi connectivity index (χ2v) is 7.09. The summed E-state index contributed by atoms with van der Waals surface area (Å²) in [5.41, 5.74) is 5.42. The molecular weight excluding hydrogens is 360 g/mol. The van der Waals surface area contributed by atoms with Gasteiger partial charge in [0.25, 0.3) is 6.02 Å². The fourth-order valence-corrected chi connectivity index (χ4v) is 3.10. The number of ether oxygens (including phenoxy) is 1. The van der Waals surface area contributed by atoms with Crippen LogP contribution in [0.25, 0.3) is 0 Å². The minimum absolute atomic E-state index is 0.289. The van der Waals surface area contributed by atoms with Crippen LogP contribution in [0.1, 0.15) is 51.4 Å². The first-order chi connectivity index (χ1) is 9.16. The first-order valence-corrected chi connectivity index (χ1v) is 12.0. The van der Waals surface area contributed by atoms with Crippen LogP contribution in [-0.2, 0) is 4.74 Å². The minimum Gasteiger partial charge on any atom is -0.469 e. The van der Waals surface area contributed by atoms with E-state index in [4.69, 9.17) is 11.1 Å². The van der Waals surface area contributed by atoms with Crippen LogP contribution in [0.3, 0.4) is 0 Å². The van der Waals surface area contributed by atoms with Crippen LogP contribution >= 0.6 is 27.6 Å². The smallest absolute Gasteiger partial charge is 0.469 e. The van der Waals surface area contributed by atoms with E-state index in [1.807, 2.05) is 0 Å². The van der Waals surface area contributed by atoms with Gasteiger partial charge in [0.15, 0.2) is 0 Å². The number of aliphatic imine (C=N–C) groups is 1. The summed E-state index contributed by atoms with van der Waals surface area (Å²) in [4.78, 5) is 4.08. The molecule has 18 heavy (non-hydrogen) atoms. The van der Waals surface area contributed by atoms with Crippen LogP contribution in [0.5, 0.6) is 0 Å². The molecule has 0 radical (unpaired) electrons. The summed E-state index contributed by atoms with van der Waals surface area (Å²) < 4.78 is 15.4. The Bertz CT molecular complexity index is 233. The first kappa shape index (κ1) is 16.4. The van der Waals surface area contributed by atoms with Gasteiger partial charge in [-0.15, -0.1) is 0 Å². The predicted octanol–water partition coefficient (Wildman–Crippen LogP) is 3.07. The SMILES string of the molecule is [3H]I(P)NCCCCCCCCCCN=C(N)OC. The van der Waals surface area contributed by atoms with Gasteiger partial charge in [0.1, 0.15) is 0 Å². The number of rotatable bonds is 12. The van der Waals surface area contributed by atoms with E-state index in [9.17, 15) is 0 Å². The van der Waals surface area contributed by atoms with Gasteiger partial charge in [0, 0.05) is 0 Å². The van der Waals surface area contributed by atoms with E-state index >= 15 is 0 Å². The van der Waals surface area contributed by atoms with E-state index in [2.05, 4.69) is 15.4 Å². The van der Waals surface area contributed by atoms with Crippen LogP contribution < -0.4 is 9.26 Å². The number of hydrogen-bond donors (Lipinski definition) is 2. The summed E-state index contributed by atoms with van der Waals surface area (Å²) in [7, 11) is 1.54. The van der Waals surface area contributed by atoms with E-state index in [0.717, 1.165) is 19.5 Å². The van der Waals surface area contributed by atoms with Gasteiger partial charge < -0.3 is 10.5 Å². The van der Waals surface area contributed by atoms with Crippen LogP contribution in [0.4, 0.5) is 0 Å². The zero-order chi connectivity index (χ0) is 14.3. The molecule has 0 saturated carbocycles. The maximum absolute atomic E-state index is 7.43. The topological polar surface area (TPSA) is 59.6 Å². The monoisotopic (exact) mass is 391 g/mol. The number of hydrogen-bond acceptors (Lipinski definition) is 3. The number of nitrogens with two attached hydrogens (primary N) is 1. The van der Waals surface area contributed by atoms with Gasteiger partial charge in [0.2, 0.25) is 0 Å². The van der Waals surface area contributed by atoms with Crippen molar-refractivity contribution in [1.82, 2.24) is 3.53 Å². The molecule has 0 aromatic rings. The normalized spacial score (nSPS) is 13.3. The van der Waals surface area contributed by atoms with E-state index in [1.165, 1.54) is 44.9 Å². The summed E-state index contributed by atoms with van der Waals surface area (Å²) in [6.45, 7) is 4.39. The van der Waals surface area contributed by atoms with Crippen molar-refractivity contribution in [1.29, 1.82) is 0.594 Å². The Kier molecular flexibility index (Phi) is 14.1. The minimum atomic E-state index is -1.52. The zero-order valence-corrected chi connectivity index (χ0v) is 14.8. The molecule has 0 aliphatic rings. The molecule has 0 amide bonds. The van der Waals surface area contributed by atoms with Gasteiger partial charge in [0.05, 0.1) is 7.11 Å². The fraction of sp³-hybridized carbons (Fsp3) is 0.917. The van der Waals surface area contributed by atoms with E-state index < -0.39 is 20.7 Å². The van der Waals surface area contributed by atoms with E-state index in [1.54, 1.807) is 7.11 Å². The van der Waals surface area contributed by atoms with Crippen molar-refractivity contribution in [2.24, 2.45) is 10.7 Å². The van der Waals surface area contributed by atoms with Gasteiger partial charge >= 0.3 is 101 Å². The number of amidine groups is 1. The molecule has 4 nitrogen and oxygen atoms in total. The fourth-order valence-electron chi connectivity index (χ4n) is 1.67. The zero-order valence-electron chi connectivity index (χ0n) is 12.5. The summed E-state index contributed by atoms with van der Waals surface area (Å²) in [6.07, 6.45) is 10.1. The number of nitrogens with one attached hydrogen (secondary N) is 1. The molecule has 0 aliphatic carbocycles. The molecule has 0 aromatic heterocycles. The average Bonchev–Trinajstić information content (AvgIpc) is 2.39. The molecule has 3 N–H and O–H groups in total. The van der Waals surface area contributed by atoms with Crippen LogP contribution in [-0.4, -0.2) is 26.8 Å². The van der Waals surface area contributed by atoms with Crippen molar-refractivity contribution in [3.8, 4) is 0 Å². The van der Waals surface area contributed by atoms with Crippen molar-refractivity contribution in [2.75, 3.05) is 20.2 Å². The Balaban J connectivity index is 3.07. The Morgan fingerprint density at radius 1 is 1.22 bits per heavy atom. The van der Waals surface area contributed by atoms with Crippen LogP contribution in [0.15, 0.2) is 4.99 Å². The van der Waals surface area contributed by atoms with Crippen molar-refractivity contribution in [3.05, 3.63) is 0 Å². The molecule has 1 unspecified atom stereocenters. The Hall–Kier alpha value is 0.390. The predicted molar refractivity (Wildman–Crippen MR) is 93.6 cm³/mol. The van der Waals surface area contributed by atoms with Gasteiger partial charge in [-0.05, 0) is 0 Å². The Labute approximate surface area is 125 Å². The number of nitrogens with zero attached hydrogens (tertiary/aromatic N) is 1. The molecular formula is C12H29IN3OP. The third kappa shape index (κ3) is 14.5. The molecule has 0 fully saturated rings. The molecule has 0 bridgehead atoms. The van der Waals surface area contributed by atoms with Crippen molar-refractivity contribution in [2.45, 2.75) is 51.4 Å². The first-order valence-electron chi connectivity index (χ1n) is 7.08. The molecule has 0 rings (SSSR count). The van der Waals surface area contributed by atoms with Gasteiger partial charge in [-0.25, -0.2) is 0 Å². The molecule has 0 aromatic carbocycles. The van der Waals surface area contributed by atoms with Crippen molar-refractivity contribution >= 4 is 33.6 Å². The van der Waals surface area contributed by atoms with Gasteiger partial charge in [-0.1, -0.05) is 0 Å². The van der Waals surface area contributed by atoms with E-state index in [-0.39, 0.29) is 6.02 Å². The van der Waals surface area contributed by atoms with E-state index in [0.29, 0.717) is 0 Å². The number of methoxy groups -OCH3 is 1. The van der Waals surface area contributed by atoms with Gasteiger partial charge in [-0.2, -0.15) is 0 Å². The summed E-state index contributed by atoms with van der Waals surface area (Å²) in [5, 5.41) is 0. The third-order valence-corrected chi connectivity index (χ3v) is 4.75. The standard InChI is InChI=1S/C12H29IN3OP/c1-17-12(14)15-10-8-6-4-2-3-5-7-9-11-16-13-18/h13,16H,2-11,18H2,1H3,(H2,14,15)/i13T. The molecule has 110 valence electrons. The number of halogens is 1. The van der Waals surface area contributed by atoms with Gasteiger partial charge in [-0.3, -0.25) is 0 Å². The quantitative estimate of drug-likeness (QED) is 0.134. The molecule has 0 heterocycles. The van der Waals surface area contributed by atoms with Crippen LogP contribution in [0, 0.1) is 0 Å². The Morgan fingerprint density at radius 3 is 2.33 bits per heavy atom.